The fraction of sp³-hybridized carbons (Fsp3) is 0.846. The van der Waals surface area contributed by atoms with Crippen molar-refractivity contribution in [2.24, 2.45) is 0 Å². The van der Waals surface area contributed by atoms with E-state index >= 15 is 0 Å². The van der Waals surface area contributed by atoms with Crippen LogP contribution >= 0.6 is 0 Å². The van der Waals surface area contributed by atoms with E-state index in [4.69, 9.17) is 4.74 Å². The normalized spacial score (nSPS) is 26.5. The average Bonchev–Trinajstić information content (AvgIpc) is 2.80. The summed E-state index contributed by atoms with van der Waals surface area (Å²) < 4.78 is 34.8. The molecule has 118 valence electrons. The van der Waals surface area contributed by atoms with Gasteiger partial charge >= 0.3 is 0 Å². The SMILES string of the molecule is Cc1nc2n(n1)CCCC2NS(=O)(=O)CC1CCCCO1. The van der Waals surface area contributed by atoms with Crippen LogP contribution in [0.2, 0.25) is 0 Å². The molecule has 0 aliphatic carbocycles. The molecule has 1 aromatic rings. The Morgan fingerprint density at radius 3 is 2.95 bits per heavy atom. The van der Waals surface area contributed by atoms with Crippen LogP contribution in [0.25, 0.3) is 0 Å². The molecule has 0 spiro atoms. The van der Waals surface area contributed by atoms with Gasteiger partial charge in [-0.1, -0.05) is 0 Å². The average molecular weight is 314 g/mol. The van der Waals surface area contributed by atoms with Crippen molar-refractivity contribution in [1.82, 2.24) is 19.5 Å². The van der Waals surface area contributed by atoms with Gasteiger partial charge in [0.1, 0.15) is 11.6 Å². The zero-order chi connectivity index (χ0) is 14.9. The summed E-state index contributed by atoms with van der Waals surface area (Å²) in [5.41, 5.74) is 0. The lowest BCUT2D eigenvalue weighted by atomic mass is 10.1. The second-order valence-electron chi connectivity index (χ2n) is 5.82. The van der Waals surface area contributed by atoms with Crippen molar-refractivity contribution in [3.05, 3.63) is 11.6 Å². The summed E-state index contributed by atoms with van der Waals surface area (Å²) >= 11 is 0. The first-order valence-electron chi connectivity index (χ1n) is 7.56. The van der Waals surface area contributed by atoms with Gasteiger partial charge in [0.15, 0.2) is 0 Å². The molecular formula is C13H22N4O3S. The Labute approximate surface area is 125 Å². The predicted molar refractivity (Wildman–Crippen MR) is 77.2 cm³/mol. The second kappa shape index (κ2) is 6.02. The molecule has 0 aromatic carbocycles. The second-order valence-corrected chi connectivity index (χ2v) is 7.62. The zero-order valence-electron chi connectivity index (χ0n) is 12.3. The Bertz CT molecular complexity index is 593. The Balaban J connectivity index is 1.68. The van der Waals surface area contributed by atoms with E-state index in [0.717, 1.165) is 44.5 Å². The van der Waals surface area contributed by atoms with E-state index in [-0.39, 0.29) is 17.9 Å². The summed E-state index contributed by atoms with van der Waals surface area (Å²) in [5, 5.41) is 4.29. The zero-order valence-corrected chi connectivity index (χ0v) is 13.1. The monoisotopic (exact) mass is 314 g/mol. The summed E-state index contributed by atoms with van der Waals surface area (Å²) in [7, 11) is -3.37. The Morgan fingerprint density at radius 2 is 2.19 bits per heavy atom. The molecule has 2 atom stereocenters. The molecule has 21 heavy (non-hydrogen) atoms. The maximum Gasteiger partial charge on any atom is 0.214 e. The number of fused-ring (bicyclic) bond motifs is 1. The molecule has 1 saturated heterocycles. The van der Waals surface area contributed by atoms with Gasteiger partial charge in [-0.25, -0.2) is 22.8 Å². The third-order valence-corrected chi connectivity index (χ3v) is 5.44. The number of ether oxygens (including phenoxy) is 1. The van der Waals surface area contributed by atoms with Crippen LogP contribution < -0.4 is 4.72 Å². The van der Waals surface area contributed by atoms with E-state index in [1.54, 1.807) is 0 Å². The number of sulfonamides is 1. The van der Waals surface area contributed by atoms with Gasteiger partial charge in [-0.2, -0.15) is 5.10 Å². The van der Waals surface area contributed by atoms with E-state index in [1.165, 1.54) is 0 Å². The first kappa shape index (κ1) is 14.9. The maximum atomic E-state index is 12.3. The topological polar surface area (TPSA) is 86.1 Å². The number of aromatic nitrogens is 3. The number of aryl methyl sites for hydroxylation is 2. The quantitative estimate of drug-likeness (QED) is 0.892. The molecule has 2 aliphatic heterocycles. The smallest absolute Gasteiger partial charge is 0.214 e. The molecule has 1 aromatic heterocycles. The van der Waals surface area contributed by atoms with Gasteiger partial charge in [0.05, 0.1) is 17.9 Å². The number of nitrogens with one attached hydrogen (secondary N) is 1. The minimum atomic E-state index is -3.37. The highest BCUT2D eigenvalue weighted by molar-refractivity contribution is 7.89. The van der Waals surface area contributed by atoms with E-state index in [9.17, 15) is 8.42 Å². The third-order valence-electron chi connectivity index (χ3n) is 3.98. The first-order valence-corrected chi connectivity index (χ1v) is 9.22. The lowest BCUT2D eigenvalue weighted by Gasteiger charge is -2.26. The molecule has 0 saturated carbocycles. The summed E-state index contributed by atoms with van der Waals surface area (Å²) in [6, 6.07) is -0.270. The van der Waals surface area contributed by atoms with Crippen LogP contribution in [0.15, 0.2) is 0 Å². The van der Waals surface area contributed by atoms with E-state index in [1.807, 2.05) is 11.6 Å². The van der Waals surface area contributed by atoms with Gasteiger partial charge in [0.2, 0.25) is 10.0 Å². The van der Waals surface area contributed by atoms with Crippen molar-refractivity contribution in [2.75, 3.05) is 12.4 Å². The van der Waals surface area contributed by atoms with Gasteiger partial charge < -0.3 is 4.74 Å². The van der Waals surface area contributed by atoms with Gasteiger partial charge in [-0.05, 0) is 39.0 Å². The van der Waals surface area contributed by atoms with Crippen LogP contribution in [-0.4, -0.2) is 41.6 Å². The summed E-state index contributed by atoms with van der Waals surface area (Å²) in [5.74, 6) is 1.45. The molecule has 1 fully saturated rings. The van der Waals surface area contributed by atoms with Crippen molar-refractivity contribution in [3.63, 3.8) is 0 Å². The number of nitrogens with zero attached hydrogens (tertiary/aromatic N) is 3. The van der Waals surface area contributed by atoms with Gasteiger partial charge in [-0.15, -0.1) is 0 Å². The maximum absolute atomic E-state index is 12.3. The number of rotatable bonds is 4. The van der Waals surface area contributed by atoms with Crippen molar-refractivity contribution < 1.29 is 13.2 Å². The molecule has 8 heteroatoms. The molecule has 3 rings (SSSR count). The molecule has 2 unspecified atom stereocenters. The molecule has 7 nitrogen and oxygen atoms in total. The molecule has 0 bridgehead atoms. The number of hydrogen-bond donors (Lipinski definition) is 1. The van der Waals surface area contributed by atoms with E-state index in [2.05, 4.69) is 14.8 Å². The summed E-state index contributed by atoms with van der Waals surface area (Å²) in [4.78, 5) is 4.36. The van der Waals surface area contributed by atoms with Crippen molar-refractivity contribution in [1.29, 1.82) is 0 Å². The van der Waals surface area contributed by atoms with Crippen LogP contribution in [-0.2, 0) is 21.3 Å². The Hall–Kier alpha value is -0.990. The third kappa shape index (κ3) is 3.61. The summed E-state index contributed by atoms with van der Waals surface area (Å²) in [6.45, 7) is 3.30. The van der Waals surface area contributed by atoms with E-state index < -0.39 is 10.0 Å². The highest BCUT2D eigenvalue weighted by Crippen LogP contribution is 2.24. The fourth-order valence-corrected chi connectivity index (χ4v) is 4.53. The van der Waals surface area contributed by atoms with Crippen molar-refractivity contribution in [3.8, 4) is 0 Å². The van der Waals surface area contributed by atoms with Gasteiger partial charge in [0, 0.05) is 13.2 Å². The minimum absolute atomic E-state index is 0.0383. The molecule has 0 radical (unpaired) electrons. The largest absolute Gasteiger partial charge is 0.377 e. The Morgan fingerprint density at radius 1 is 1.33 bits per heavy atom. The van der Waals surface area contributed by atoms with Crippen LogP contribution in [0, 0.1) is 6.92 Å². The van der Waals surface area contributed by atoms with Gasteiger partial charge in [0.25, 0.3) is 0 Å². The molecule has 2 aliphatic rings. The van der Waals surface area contributed by atoms with Crippen LogP contribution in [0.5, 0.6) is 0 Å². The summed E-state index contributed by atoms with van der Waals surface area (Å²) in [6.07, 6.45) is 4.37. The molecular weight excluding hydrogens is 292 g/mol. The lowest BCUT2D eigenvalue weighted by molar-refractivity contribution is 0.0303. The molecule has 3 heterocycles. The van der Waals surface area contributed by atoms with Gasteiger partial charge in [-0.3, -0.25) is 0 Å². The number of hydrogen-bond acceptors (Lipinski definition) is 5. The minimum Gasteiger partial charge on any atom is -0.377 e. The fourth-order valence-electron chi connectivity index (χ4n) is 3.03. The highest BCUT2D eigenvalue weighted by Gasteiger charge is 2.29. The lowest BCUT2D eigenvalue weighted by Crippen LogP contribution is -2.39. The van der Waals surface area contributed by atoms with Crippen LogP contribution in [0.3, 0.4) is 0 Å². The van der Waals surface area contributed by atoms with Crippen molar-refractivity contribution >= 4 is 10.0 Å². The van der Waals surface area contributed by atoms with Crippen molar-refractivity contribution in [2.45, 2.75) is 57.7 Å². The van der Waals surface area contributed by atoms with Crippen LogP contribution in [0.4, 0.5) is 0 Å². The molecule has 1 N–H and O–H groups in total. The standard InChI is InChI=1S/C13H22N4O3S/c1-10-14-13-12(6-4-7-17(13)15-10)16-21(18,19)9-11-5-2-3-8-20-11/h11-12,16H,2-9H2,1H3. The first-order chi connectivity index (χ1) is 10.0. The van der Waals surface area contributed by atoms with Crippen LogP contribution in [0.1, 0.15) is 49.8 Å². The Kier molecular flexibility index (Phi) is 4.28. The van der Waals surface area contributed by atoms with E-state index in [0.29, 0.717) is 12.4 Å². The highest BCUT2D eigenvalue weighted by atomic mass is 32.2. The molecule has 0 amide bonds. The predicted octanol–water partition coefficient (Wildman–Crippen LogP) is 0.910.